The summed E-state index contributed by atoms with van der Waals surface area (Å²) < 4.78 is 1.08. The molecule has 1 saturated carbocycles. The molecule has 0 amide bonds. The molecule has 1 heterocycles. The van der Waals surface area contributed by atoms with E-state index < -0.39 is 0 Å². The van der Waals surface area contributed by atoms with E-state index >= 15 is 0 Å². The second-order valence-corrected chi connectivity index (χ2v) is 7.48. The Labute approximate surface area is 129 Å². The van der Waals surface area contributed by atoms with Crippen molar-refractivity contribution in [1.82, 2.24) is 0 Å². The highest BCUT2D eigenvalue weighted by Gasteiger charge is 2.47. The van der Waals surface area contributed by atoms with Crippen molar-refractivity contribution in [2.24, 2.45) is 22.6 Å². The molecule has 0 radical (unpaired) electrons. The first-order valence-corrected chi connectivity index (χ1v) is 8.15. The van der Waals surface area contributed by atoms with Gasteiger partial charge in [0.2, 0.25) is 0 Å². The number of guanidine groups is 1. The van der Waals surface area contributed by atoms with Gasteiger partial charge in [-0.1, -0.05) is 35.8 Å². The molecule has 3 rings (SSSR count). The number of aliphatic imine (C=N–C) groups is 1. The second-order valence-electron chi connectivity index (χ2n) is 6.57. The molecule has 0 saturated heterocycles. The third kappa shape index (κ3) is 2.34. The molecular weight excluding hydrogens is 314 g/mol. The van der Waals surface area contributed by atoms with Gasteiger partial charge in [0.05, 0.1) is 12.1 Å². The predicted octanol–water partition coefficient (Wildman–Crippen LogP) is 3.78. The average molecular weight is 336 g/mol. The molecule has 0 aromatic heterocycles. The summed E-state index contributed by atoms with van der Waals surface area (Å²) in [5.74, 6) is 2.13. The van der Waals surface area contributed by atoms with Crippen LogP contribution in [0.25, 0.3) is 0 Å². The summed E-state index contributed by atoms with van der Waals surface area (Å²) in [4.78, 5) is 6.86. The molecule has 2 aliphatic rings. The van der Waals surface area contributed by atoms with Gasteiger partial charge in [0, 0.05) is 10.2 Å². The van der Waals surface area contributed by atoms with Crippen LogP contribution in [0.5, 0.6) is 0 Å². The van der Waals surface area contributed by atoms with Crippen LogP contribution in [0.3, 0.4) is 0 Å². The Kier molecular flexibility index (Phi) is 3.53. The Morgan fingerprint density at radius 3 is 2.65 bits per heavy atom. The highest BCUT2D eigenvalue weighted by Crippen LogP contribution is 2.44. The lowest BCUT2D eigenvalue weighted by Crippen LogP contribution is -2.55. The van der Waals surface area contributed by atoms with Gasteiger partial charge in [-0.3, -0.25) is 4.99 Å². The normalized spacial score (nSPS) is 33.5. The van der Waals surface area contributed by atoms with Gasteiger partial charge in [0.15, 0.2) is 5.96 Å². The standard InChI is InChI=1S/C16H22BrN3/c1-11-6-12(2)9-16(8-11)10-19-15(18)20(16)14-5-3-4-13(17)7-14/h3-5,7,11-12H,6,8-10H2,1-2H3,(H2,18,19). The van der Waals surface area contributed by atoms with Crippen LogP contribution in [0, 0.1) is 11.8 Å². The molecule has 1 fully saturated rings. The lowest BCUT2D eigenvalue weighted by Gasteiger charge is -2.46. The number of nitrogens with two attached hydrogens (primary N) is 1. The molecule has 20 heavy (non-hydrogen) atoms. The zero-order chi connectivity index (χ0) is 14.3. The fraction of sp³-hybridized carbons (Fsp3) is 0.562. The van der Waals surface area contributed by atoms with Crippen LogP contribution in [-0.2, 0) is 0 Å². The molecule has 1 aromatic rings. The molecule has 3 nitrogen and oxygen atoms in total. The summed E-state index contributed by atoms with van der Waals surface area (Å²) in [7, 11) is 0. The van der Waals surface area contributed by atoms with Gasteiger partial charge in [-0.25, -0.2) is 0 Å². The van der Waals surface area contributed by atoms with Crippen molar-refractivity contribution >= 4 is 27.6 Å². The first kappa shape index (κ1) is 13.9. The van der Waals surface area contributed by atoms with Crippen molar-refractivity contribution in [3.8, 4) is 0 Å². The van der Waals surface area contributed by atoms with Gasteiger partial charge in [-0.05, 0) is 49.3 Å². The maximum atomic E-state index is 6.22. The molecule has 2 unspecified atom stereocenters. The summed E-state index contributed by atoms with van der Waals surface area (Å²) in [5.41, 5.74) is 7.46. The summed E-state index contributed by atoms with van der Waals surface area (Å²) in [6.45, 7) is 5.54. The molecule has 1 aromatic carbocycles. The minimum absolute atomic E-state index is 0.0853. The van der Waals surface area contributed by atoms with Gasteiger partial charge < -0.3 is 10.6 Å². The Balaban J connectivity index is 1.99. The average Bonchev–Trinajstić information content (AvgIpc) is 2.64. The van der Waals surface area contributed by atoms with E-state index in [2.05, 4.69) is 57.9 Å². The van der Waals surface area contributed by atoms with Gasteiger partial charge in [-0.15, -0.1) is 0 Å². The molecule has 2 N–H and O–H groups in total. The number of nitrogens with zero attached hydrogens (tertiary/aromatic N) is 2. The lowest BCUT2D eigenvalue weighted by molar-refractivity contribution is 0.197. The third-order valence-corrected chi connectivity index (χ3v) is 5.06. The Bertz CT molecular complexity index is 530. The Hall–Kier alpha value is -1.03. The lowest BCUT2D eigenvalue weighted by atomic mass is 9.71. The Morgan fingerprint density at radius 1 is 1.30 bits per heavy atom. The summed E-state index contributed by atoms with van der Waals surface area (Å²) >= 11 is 3.56. The van der Waals surface area contributed by atoms with Crippen LogP contribution >= 0.6 is 15.9 Å². The topological polar surface area (TPSA) is 41.6 Å². The van der Waals surface area contributed by atoms with Crippen LogP contribution < -0.4 is 10.6 Å². The van der Waals surface area contributed by atoms with Crippen molar-refractivity contribution in [3.63, 3.8) is 0 Å². The van der Waals surface area contributed by atoms with Crippen LogP contribution in [0.1, 0.15) is 33.1 Å². The zero-order valence-corrected chi connectivity index (χ0v) is 13.7. The molecule has 108 valence electrons. The van der Waals surface area contributed by atoms with Crippen molar-refractivity contribution in [1.29, 1.82) is 0 Å². The number of hydrogen-bond acceptors (Lipinski definition) is 3. The largest absolute Gasteiger partial charge is 0.369 e. The quantitative estimate of drug-likeness (QED) is 0.848. The van der Waals surface area contributed by atoms with E-state index in [4.69, 9.17) is 5.73 Å². The van der Waals surface area contributed by atoms with Crippen LogP contribution in [0.15, 0.2) is 33.7 Å². The van der Waals surface area contributed by atoms with E-state index in [0.29, 0.717) is 5.96 Å². The van der Waals surface area contributed by atoms with E-state index in [-0.39, 0.29) is 5.54 Å². The van der Waals surface area contributed by atoms with E-state index in [1.807, 2.05) is 6.07 Å². The van der Waals surface area contributed by atoms with Crippen molar-refractivity contribution < 1.29 is 0 Å². The molecule has 1 aliphatic heterocycles. The highest BCUT2D eigenvalue weighted by molar-refractivity contribution is 9.10. The number of hydrogen-bond donors (Lipinski definition) is 1. The van der Waals surface area contributed by atoms with E-state index in [9.17, 15) is 0 Å². The minimum Gasteiger partial charge on any atom is -0.369 e. The SMILES string of the molecule is CC1CC(C)CC2(CN=C(N)N2c2cccc(Br)c2)C1. The fourth-order valence-corrected chi connectivity index (χ4v) is 4.57. The molecule has 1 aliphatic carbocycles. The van der Waals surface area contributed by atoms with Crippen LogP contribution in [0.4, 0.5) is 5.69 Å². The summed E-state index contributed by atoms with van der Waals surface area (Å²) in [6.07, 6.45) is 3.66. The molecule has 2 atom stereocenters. The van der Waals surface area contributed by atoms with Crippen LogP contribution in [0.2, 0.25) is 0 Å². The number of anilines is 1. The van der Waals surface area contributed by atoms with Crippen molar-refractivity contribution in [2.45, 2.75) is 38.6 Å². The molecular formula is C16H22BrN3. The number of benzene rings is 1. The van der Waals surface area contributed by atoms with Crippen LogP contribution in [-0.4, -0.2) is 18.0 Å². The predicted molar refractivity (Wildman–Crippen MR) is 88.0 cm³/mol. The van der Waals surface area contributed by atoms with Crippen molar-refractivity contribution in [3.05, 3.63) is 28.7 Å². The highest BCUT2D eigenvalue weighted by atomic mass is 79.9. The number of halogens is 1. The van der Waals surface area contributed by atoms with Gasteiger partial charge in [-0.2, -0.15) is 0 Å². The molecule has 0 bridgehead atoms. The van der Waals surface area contributed by atoms with E-state index in [1.54, 1.807) is 0 Å². The first-order valence-electron chi connectivity index (χ1n) is 7.36. The fourth-order valence-electron chi connectivity index (χ4n) is 4.18. The zero-order valence-electron chi connectivity index (χ0n) is 12.1. The maximum absolute atomic E-state index is 6.22. The summed E-state index contributed by atoms with van der Waals surface area (Å²) in [6, 6.07) is 8.38. The van der Waals surface area contributed by atoms with Gasteiger partial charge in [0.1, 0.15) is 0 Å². The van der Waals surface area contributed by atoms with Gasteiger partial charge >= 0.3 is 0 Å². The van der Waals surface area contributed by atoms with E-state index in [1.165, 1.54) is 19.3 Å². The third-order valence-electron chi connectivity index (χ3n) is 4.57. The number of rotatable bonds is 1. The first-order chi connectivity index (χ1) is 9.50. The smallest absolute Gasteiger partial charge is 0.196 e. The molecule has 1 spiro atoms. The maximum Gasteiger partial charge on any atom is 0.196 e. The Morgan fingerprint density at radius 2 is 2.00 bits per heavy atom. The van der Waals surface area contributed by atoms with Crippen molar-refractivity contribution in [2.75, 3.05) is 11.4 Å². The van der Waals surface area contributed by atoms with Gasteiger partial charge in [0.25, 0.3) is 0 Å². The molecule has 4 heteroatoms. The monoisotopic (exact) mass is 335 g/mol. The van der Waals surface area contributed by atoms with E-state index in [0.717, 1.165) is 28.5 Å². The second kappa shape index (κ2) is 5.06. The summed E-state index contributed by atoms with van der Waals surface area (Å²) in [5, 5.41) is 0. The minimum atomic E-state index is 0.0853.